The second-order valence-electron chi connectivity index (χ2n) is 7.03. The van der Waals surface area contributed by atoms with E-state index in [0.29, 0.717) is 0 Å². The lowest BCUT2D eigenvalue weighted by atomic mass is 9.98. The van der Waals surface area contributed by atoms with Crippen LogP contribution < -0.4 is 0 Å². The molecule has 0 aliphatic carbocycles. The number of hydrogen-bond donors (Lipinski definition) is 7. The summed E-state index contributed by atoms with van der Waals surface area (Å²) in [6.07, 6.45) is -9.27. The van der Waals surface area contributed by atoms with Gasteiger partial charge in [0.2, 0.25) is 0 Å². The van der Waals surface area contributed by atoms with Crippen LogP contribution in [-0.4, -0.2) is 104 Å². The molecule has 1 fully saturated rings. The fraction of sp³-hybridized carbons (Fsp3) is 0.611. The highest BCUT2D eigenvalue weighted by Gasteiger charge is 2.45. The predicted molar refractivity (Wildman–Crippen MR) is 94.7 cm³/mol. The van der Waals surface area contributed by atoms with Gasteiger partial charge in [-0.1, -0.05) is 0 Å². The summed E-state index contributed by atoms with van der Waals surface area (Å²) in [7, 11) is 0. The summed E-state index contributed by atoms with van der Waals surface area (Å²) < 4.78 is 15.6. The van der Waals surface area contributed by atoms with Crippen LogP contribution in [0.4, 0.5) is 0 Å². The Balaban J connectivity index is 1.97. The zero-order valence-electron chi connectivity index (χ0n) is 15.7. The molecule has 164 valence electrons. The van der Waals surface area contributed by atoms with Gasteiger partial charge in [0.15, 0.2) is 6.29 Å². The van der Waals surface area contributed by atoms with Gasteiger partial charge in [0.1, 0.15) is 48.5 Å². The third-order valence-corrected chi connectivity index (χ3v) is 4.58. The number of aromatic hydroxyl groups is 1. The fourth-order valence-electron chi connectivity index (χ4n) is 2.57. The molecule has 1 aromatic rings. The molecule has 0 aromatic heterocycles. The first-order valence-corrected chi connectivity index (χ1v) is 8.85. The molecule has 1 heterocycles. The molecule has 0 unspecified atom stereocenters. The third-order valence-electron chi connectivity index (χ3n) is 4.58. The van der Waals surface area contributed by atoms with Gasteiger partial charge in [-0.2, -0.15) is 0 Å². The normalized spacial score (nSPS) is 30.4. The van der Waals surface area contributed by atoms with Crippen molar-refractivity contribution in [2.45, 2.75) is 49.3 Å². The number of phenols is 1. The van der Waals surface area contributed by atoms with Gasteiger partial charge in [-0.05, 0) is 31.2 Å². The van der Waals surface area contributed by atoms with Crippen LogP contribution >= 0.6 is 0 Å². The van der Waals surface area contributed by atoms with Crippen molar-refractivity contribution in [1.82, 2.24) is 0 Å². The lowest BCUT2D eigenvalue weighted by Crippen LogP contribution is -2.60. The van der Waals surface area contributed by atoms with Crippen molar-refractivity contribution < 1.29 is 54.8 Å². The van der Waals surface area contributed by atoms with E-state index >= 15 is 0 Å². The number of aliphatic hydroxyl groups is 6. The van der Waals surface area contributed by atoms with Gasteiger partial charge in [0.05, 0.1) is 18.8 Å². The van der Waals surface area contributed by atoms with Gasteiger partial charge in [-0.25, -0.2) is 4.79 Å². The maximum absolute atomic E-state index is 12.0. The highest BCUT2D eigenvalue weighted by atomic mass is 16.7. The number of esters is 1. The van der Waals surface area contributed by atoms with E-state index in [4.69, 9.17) is 19.3 Å². The standard InChI is InChI=1S/C18H26O11/c1-18(26,12(21)6-19)8-28-17-15(24)14(23)13(22)11(29-17)7-27-16(25)9-2-4-10(20)5-3-9/h2-5,11-15,17,19-24,26H,6-8H2,1H3/t11-,12-,13-,14+,15-,17-,18+/m1/s1. The van der Waals surface area contributed by atoms with E-state index < -0.39 is 68.2 Å². The first-order chi connectivity index (χ1) is 13.6. The minimum absolute atomic E-state index is 0.0353. The first-order valence-electron chi connectivity index (χ1n) is 8.85. The number of aliphatic hydroxyl groups excluding tert-OH is 5. The maximum Gasteiger partial charge on any atom is 0.338 e. The van der Waals surface area contributed by atoms with Gasteiger partial charge < -0.3 is 50.0 Å². The first kappa shape index (κ1) is 23.4. The molecule has 29 heavy (non-hydrogen) atoms. The zero-order valence-corrected chi connectivity index (χ0v) is 15.7. The van der Waals surface area contributed by atoms with Gasteiger partial charge in [-0.3, -0.25) is 0 Å². The molecule has 2 rings (SSSR count). The Labute approximate surface area is 166 Å². The number of hydrogen-bond acceptors (Lipinski definition) is 11. The second kappa shape index (κ2) is 9.78. The summed E-state index contributed by atoms with van der Waals surface area (Å²) >= 11 is 0. The zero-order chi connectivity index (χ0) is 21.8. The molecular weight excluding hydrogens is 392 g/mol. The van der Waals surface area contributed by atoms with Crippen molar-refractivity contribution in [1.29, 1.82) is 0 Å². The van der Waals surface area contributed by atoms with Crippen LogP contribution in [0, 0.1) is 0 Å². The van der Waals surface area contributed by atoms with Crippen molar-refractivity contribution in [3.63, 3.8) is 0 Å². The average molecular weight is 418 g/mol. The minimum atomic E-state index is -1.88. The Morgan fingerprint density at radius 1 is 1.17 bits per heavy atom. The summed E-state index contributed by atoms with van der Waals surface area (Å²) in [4.78, 5) is 12.0. The van der Waals surface area contributed by atoms with Crippen LogP contribution in [0.1, 0.15) is 17.3 Å². The van der Waals surface area contributed by atoms with Crippen molar-refractivity contribution >= 4 is 5.97 Å². The molecule has 0 spiro atoms. The molecule has 1 aliphatic rings. The molecule has 0 radical (unpaired) electrons. The summed E-state index contributed by atoms with van der Waals surface area (Å²) in [6, 6.07) is 5.24. The van der Waals surface area contributed by atoms with Crippen LogP contribution in [0.15, 0.2) is 24.3 Å². The summed E-state index contributed by atoms with van der Waals surface area (Å²) in [5, 5.41) is 67.8. The number of ether oxygens (including phenoxy) is 3. The number of benzene rings is 1. The van der Waals surface area contributed by atoms with E-state index in [2.05, 4.69) is 0 Å². The lowest BCUT2D eigenvalue weighted by molar-refractivity contribution is -0.310. The van der Waals surface area contributed by atoms with Crippen LogP contribution in [0.3, 0.4) is 0 Å². The predicted octanol–water partition coefficient (Wildman–Crippen LogP) is -2.52. The van der Waals surface area contributed by atoms with Crippen molar-refractivity contribution in [2.75, 3.05) is 19.8 Å². The highest BCUT2D eigenvalue weighted by Crippen LogP contribution is 2.24. The largest absolute Gasteiger partial charge is 0.508 e. The molecule has 0 saturated carbocycles. The van der Waals surface area contributed by atoms with E-state index in [-0.39, 0.29) is 11.3 Å². The van der Waals surface area contributed by atoms with Gasteiger partial charge in [-0.15, -0.1) is 0 Å². The van der Waals surface area contributed by atoms with Crippen molar-refractivity contribution in [3.8, 4) is 5.75 Å². The Kier molecular flexibility index (Phi) is 7.91. The Morgan fingerprint density at radius 2 is 1.79 bits per heavy atom. The van der Waals surface area contributed by atoms with Crippen LogP contribution in [-0.2, 0) is 14.2 Å². The molecule has 0 amide bonds. The Morgan fingerprint density at radius 3 is 2.38 bits per heavy atom. The summed E-state index contributed by atoms with van der Waals surface area (Å²) in [5.41, 5.74) is -1.74. The monoisotopic (exact) mass is 418 g/mol. The van der Waals surface area contributed by atoms with Crippen LogP contribution in [0.5, 0.6) is 5.75 Å². The van der Waals surface area contributed by atoms with E-state index in [9.17, 15) is 35.4 Å². The van der Waals surface area contributed by atoms with Crippen molar-refractivity contribution in [2.24, 2.45) is 0 Å². The van der Waals surface area contributed by atoms with Gasteiger partial charge in [0, 0.05) is 0 Å². The molecule has 7 N–H and O–H groups in total. The summed E-state index contributed by atoms with van der Waals surface area (Å²) in [6.45, 7) is -0.605. The smallest absolute Gasteiger partial charge is 0.338 e. The molecular formula is C18H26O11. The van der Waals surface area contributed by atoms with Crippen molar-refractivity contribution in [3.05, 3.63) is 29.8 Å². The SMILES string of the molecule is C[C@](O)(CO[C@@H]1O[C@H](COC(=O)c2ccc(O)cc2)[C@@H](O)[C@H](O)[C@H]1O)[C@H](O)CO. The molecule has 11 nitrogen and oxygen atoms in total. The van der Waals surface area contributed by atoms with Gasteiger partial charge >= 0.3 is 5.97 Å². The Hall–Kier alpha value is -1.83. The molecule has 7 atom stereocenters. The quantitative estimate of drug-likeness (QED) is 0.221. The fourth-order valence-corrected chi connectivity index (χ4v) is 2.57. The molecule has 1 saturated heterocycles. The van der Waals surface area contributed by atoms with Crippen LogP contribution in [0.25, 0.3) is 0 Å². The second-order valence-corrected chi connectivity index (χ2v) is 7.03. The Bertz CT molecular complexity index is 662. The van der Waals surface area contributed by atoms with E-state index in [0.717, 1.165) is 0 Å². The van der Waals surface area contributed by atoms with E-state index in [1.807, 2.05) is 0 Å². The van der Waals surface area contributed by atoms with Crippen LogP contribution in [0.2, 0.25) is 0 Å². The molecule has 11 heteroatoms. The topological polar surface area (TPSA) is 186 Å². The maximum atomic E-state index is 12.0. The van der Waals surface area contributed by atoms with E-state index in [1.165, 1.54) is 31.2 Å². The number of phenolic OH excluding ortho intramolecular Hbond substituents is 1. The molecule has 1 aromatic carbocycles. The number of rotatable bonds is 8. The van der Waals surface area contributed by atoms with E-state index in [1.54, 1.807) is 0 Å². The highest BCUT2D eigenvalue weighted by molar-refractivity contribution is 5.89. The number of carbonyl (C=O) groups excluding carboxylic acids is 1. The average Bonchev–Trinajstić information content (AvgIpc) is 2.70. The third kappa shape index (κ3) is 5.84. The minimum Gasteiger partial charge on any atom is -0.508 e. The molecule has 0 bridgehead atoms. The van der Waals surface area contributed by atoms with Gasteiger partial charge in [0.25, 0.3) is 0 Å². The number of carbonyl (C=O) groups is 1. The summed E-state index contributed by atoms with van der Waals surface area (Å²) in [5.74, 6) is -0.806. The lowest BCUT2D eigenvalue weighted by Gasteiger charge is -2.41. The molecule has 1 aliphatic heterocycles.